The molecule has 0 bridgehead atoms. The number of aromatic nitrogens is 1. The van der Waals surface area contributed by atoms with Gasteiger partial charge in [0, 0.05) is 34.9 Å². The van der Waals surface area contributed by atoms with Crippen LogP contribution in [0, 0.1) is 5.82 Å². The van der Waals surface area contributed by atoms with E-state index in [4.69, 9.17) is 9.47 Å². The first-order valence-electron chi connectivity index (χ1n) is 13.0. The van der Waals surface area contributed by atoms with E-state index >= 15 is 0 Å². The molecule has 0 saturated heterocycles. The lowest BCUT2D eigenvalue weighted by atomic mass is 9.99. The van der Waals surface area contributed by atoms with Gasteiger partial charge in [-0.3, -0.25) is 4.79 Å². The van der Waals surface area contributed by atoms with Gasteiger partial charge in [0.2, 0.25) is 0 Å². The Hall–Kier alpha value is -4.23. The number of ether oxygens (including phenoxy) is 2. The monoisotopic (exact) mass is 620 g/mol. The van der Waals surface area contributed by atoms with Crippen molar-refractivity contribution in [2.24, 2.45) is 0 Å². The van der Waals surface area contributed by atoms with Crippen LogP contribution in [0.3, 0.4) is 0 Å². The van der Waals surface area contributed by atoms with Crippen LogP contribution in [0.2, 0.25) is 0 Å². The van der Waals surface area contributed by atoms with Gasteiger partial charge in [-0.1, -0.05) is 54.6 Å². The van der Waals surface area contributed by atoms with Gasteiger partial charge in [0.05, 0.1) is 31.1 Å². The fourth-order valence-corrected chi connectivity index (χ4v) is 5.27. The summed E-state index contributed by atoms with van der Waals surface area (Å²) in [6, 6.07) is 15.9. The number of carbonyl (C=O) groups excluding carboxylic acids is 2. The second-order valence-electron chi connectivity index (χ2n) is 9.80. The van der Waals surface area contributed by atoms with Gasteiger partial charge in [-0.05, 0) is 29.7 Å². The van der Waals surface area contributed by atoms with Crippen LogP contribution in [-0.2, 0) is 49.6 Å². The zero-order valence-corrected chi connectivity index (χ0v) is 24.0. The zero-order chi connectivity index (χ0) is 31.4. The summed E-state index contributed by atoms with van der Waals surface area (Å²) in [4.78, 5) is 27.0. The Kier molecular flexibility index (Phi) is 9.55. The van der Waals surface area contributed by atoms with Gasteiger partial charge in [0.15, 0.2) is 9.84 Å². The number of alkyl halides is 3. The first kappa shape index (κ1) is 31.7. The van der Waals surface area contributed by atoms with Crippen molar-refractivity contribution >= 4 is 32.6 Å². The summed E-state index contributed by atoms with van der Waals surface area (Å²) in [6.45, 7) is 1.77. The van der Waals surface area contributed by atoms with Crippen LogP contribution in [0.4, 0.5) is 17.6 Å². The van der Waals surface area contributed by atoms with Crippen LogP contribution in [-0.4, -0.2) is 44.3 Å². The van der Waals surface area contributed by atoms with Crippen molar-refractivity contribution in [1.82, 2.24) is 10.3 Å². The number of benzene rings is 3. The highest BCUT2D eigenvalue weighted by molar-refractivity contribution is 7.89. The smallest absolute Gasteiger partial charge is 0.461 e. The minimum Gasteiger partial charge on any atom is -0.461 e. The van der Waals surface area contributed by atoms with Crippen LogP contribution in [0.15, 0.2) is 60.7 Å². The van der Waals surface area contributed by atoms with Crippen molar-refractivity contribution in [1.29, 1.82) is 0 Å². The molecular weight excluding hydrogens is 592 g/mol. The lowest BCUT2D eigenvalue weighted by Crippen LogP contribution is -2.36. The Morgan fingerprint density at radius 1 is 0.953 bits per heavy atom. The predicted octanol–water partition coefficient (Wildman–Crippen LogP) is 5.59. The third-order valence-electron chi connectivity index (χ3n) is 6.42. The van der Waals surface area contributed by atoms with E-state index in [-0.39, 0.29) is 37.6 Å². The fourth-order valence-electron chi connectivity index (χ4n) is 4.47. The highest BCUT2D eigenvalue weighted by Gasteiger charge is 2.38. The number of H-pyrrole nitrogens is 1. The molecule has 228 valence electrons. The zero-order valence-electron chi connectivity index (χ0n) is 23.2. The standard InChI is InChI=1S/C30H28F4N2O6S/c1-3-42-28(37)27-25(20-11-12-22(24(31)13-20)17-43(2,39)40)23-6-4-5-21(26(23)36-27)16-41-15-19-9-7-18(8-10-19)14-35-29(38)30(32,33)34/h4-13,36H,3,14-17H2,1-2H3,(H,35,38). The quantitative estimate of drug-likeness (QED) is 0.167. The van der Waals surface area contributed by atoms with Crippen LogP contribution in [0.5, 0.6) is 0 Å². The highest BCUT2D eigenvalue weighted by atomic mass is 32.2. The maximum Gasteiger partial charge on any atom is 0.471 e. The number of amides is 1. The van der Waals surface area contributed by atoms with Crippen LogP contribution >= 0.6 is 0 Å². The number of rotatable bonds is 11. The summed E-state index contributed by atoms with van der Waals surface area (Å²) in [5.41, 5.74) is 3.35. The minimum atomic E-state index is -4.95. The van der Waals surface area contributed by atoms with Crippen LogP contribution in [0.25, 0.3) is 22.0 Å². The number of halogens is 4. The maximum absolute atomic E-state index is 14.9. The lowest BCUT2D eigenvalue weighted by Gasteiger charge is -2.09. The summed E-state index contributed by atoms with van der Waals surface area (Å²) in [7, 11) is -3.46. The van der Waals surface area contributed by atoms with Gasteiger partial charge >= 0.3 is 18.1 Å². The van der Waals surface area contributed by atoms with Gasteiger partial charge in [0.1, 0.15) is 11.5 Å². The van der Waals surface area contributed by atoms with Crippen molar-refractivity contribution in [3.8, 4) is 11.1 Å². The third kappa shape index (κ3) is 7.99. The Morgan fingerprint density at radius 2 is 1.65 bits per heavy atom. The molecule has 1 amide bonds. The Balaban J connectivity index is 1.55. The molecule has 0 spiro atoms. The van der Waals surface area contributed by atoms with E-state index in [0.717, 1.165) is 11.8 Å². The number of para-hydroxylation sites is 1. The molecule has 0 fully saturated rings. The molecule has 2 N–H and O–H groups in total. The SMILES string of the molecule is CCOC(=O)c1[nH]c2c(COCc3ccc(CNC(=O)C(F)(F)F)cc3)cccc2c1-c1ccc(CS(C)(=O)=O)c(F)c1. The molecule has 0 aliphatic carbocycles. The Bertz CT molecular complexity index is 1750. The molecule has 0 atom stereocenters. The van der Waals surface area contributed by atoms with Gasteiger partial charge in [-0.15, -0.1) is 0 Å². The third-order valence-corrected chi connectivity index (χ3v) is 7.25. The molecule has 0 unspecified atom stereocenters. The van der Waals surface area contributed by atoms with Crippen molar-refractivity contribution in [2.45, 2.75) is 38.6 Å². The Labute approximate surface area is 244 Å². The minimum absolute atomic E-state index is 0.0111. The van der Waals surface area contributed by atoms with Crippen LogP contribution in [0.1, 0.15) is 39.7 Å². The number of esters is 1. The maximum atomic E-state index is 14.9. The first-order chi connectivity index (χ1) is 20.3. The number of nitrogens with one attached hydrogen (secondary N) is 2. The number of hydrogen-bond donors (Lipinski definition) is 2. The normalized spacial score (nSPS) is 12.0. The molecule has 0 saturated carbocycles. The molecule has 1 heterocycles. The molecule has 1 aromatic heterocycles. The van der Waals surface area contributed by atoms with Crippen molar-refractivity contribution < 1.29 is 45.0 Å². The van der Waals surface area contributed by atoms with Crippen molar-refractivity contribution in [3.05, 3.63) is 94.4 Å². The second kappa shape index (κ2) is 13.0. The van der Waals surface area contributed by atoms with Gasteiger partial charge in [-0.25, -0.2) is 17.6 Å². The fraction of sp³-hybridized carbons (Fsp3) is 0.267. The predicted molar refractivity (Wildman–Crippen MR) is 151 cm³/mol. The van der Waals surface area contributed by atoms with Crippen molar-refractivity contribution in [3.63, 3.8) is 0 Å². The molecule has 13 heteroatoms. The average Bonchev–Trinajstić information content (AvgIpc) is 3.33. The topological polar surface area (TPSA) is 115 Å². The van der Waals surface area contributed by atoms with Gasteiger partial charge < -0.3 is 19.8 Å². The second-order valence-corrected chi connectivity index (χ2v) is 11.9. The Morgan fingerprint density at radius 3 is 2.28 bits per heavy atom. The number of sulfone groups is 1. The van der Waals surface area contributed by atoms with E-state index < -0.39 is 39.5 Å². The number of aromatic amines is 1. The molecule has 0 aliphatic heterocycles. The van der Waals surface area contributed by atoms with E-state index in [9.17, 15) is 35.6 Å². The number of fused-ring (bicyclic) bond motifs is 1. The van der Waals surface area contributed by atoms with Gasteiger partial charge in [0.25, 0.3) is 0 Å². The largest absolute Gasteiger partial charge is 0.471 e. The van der Waals surface area contributed by atoms with Gasteiger partial charge in [-0.2, -0.15) is 13.2 Å². The van der Waals surface area contributed by atoms with E-state index in [1.807, 2.05) is 5.32 Å². The molecular formula is C30H28F4N2O6S. The lowest BCUT2D eigenvalue weighted by molar-refractivity contribution is -0.173. The summed E-state index contributed by atoms with van der Waals surface area (Å²) in [5.74, 6) is -3.84. The molecule has 0 aliphatic rings. The average molecular weight is 621 g/mol. The van der Waals surface area contributed by atoms with E-state index in [2.05, 4.69) is 4.98 Å². The number of carbonyl (C=O) groups is 2. The molecule has 3 aromatic carbocycles. The van der Waals surface area contributed by atoms with Crippen LogP contribution < -0.4 is 5.32 Å². The van der Waals surface area contributed by atoms with Crippen molar-refractivity contribution in [2.75, 3.05) is 12.9 Å². The first-order valence-corrected chi connectivity index (χ1v) is 15.1. The van der Waals surface area contributed by atoms with E-state index in [0.29, 0.717) is 33.2 Å². The summed E-state index contributed by atoms with van der Waals surface area (Å²) in [5, 5.41) is 2.41. The summed E-state index contributed by atoms with van der Waals surface area (Å²) in [6.07, 6.45) is -3.94. The molecule has 43 heavy (non-hydrogen) atoms. The molecule has 0 radical (unpaired) electrons. The summed E-state index contributed by atoms with van der Waals surface area (Å²) < 4.78 is 86.5. The molecule has 4 rings (SSSR count). The summed E-state index contributed by atoms with van der Waals surface area (Å²) >= 11 is 0. The molecule has 8 nitrogen and oxygen atoms in total. The van der Waals surface area contributed by atoms with E-state index in [1.165, 1.54) is 12.1 Å². The highest BCUT2D eigenvalue weighted by Crippen LogP contribution is 2.36. The number of hydrogen-bond acceptors (Lipinski definition) is 6. The van der Waals surface area contributed by atoms with E-state index in [1.54, 1.807) is 55.5 Å². The molecule has 4 aromatic rings.